The molecule has 0 aliphatic rings. The summed E-state index contributed by atoms with van der Waals surface area (Å²) in [5, 5.41) is 17.0. The van der Waals surface area contributed by atoms with Crippen molar-refractivity contribution in [1.29, 1.82) is 0 Å². The van der Waals surface area contributed by atoms with Crippen molar-refractivity contribution < 1.29 is 14.4 Å². The molecule has 1 atom stereocenters. The quantitative estimate of drug-likeness (QED) is 0.378. The lowest BCUT2D eigenvalue weighted by atomic mass is 10.1. The van der Waals surface area contributed by atoms with E-state index in [0.717, 1.165) is 16.8 Å². The minimum absolute atomic E-state index is 0.0149. The van der Waals surface area contributed by atoms with E-state index in [4.69, 9.17) is 0 Å². The SMILES string of the molecule is Cc1cccc(C)c1NC(=O)Cc1nnc(SC(C)C(=O)Nc2cccc(C(=O)NC(C)C)c2)n1C. The summed E-state index contributed by atoms with van der Waals surface area (Å²) in [6, 6.07) is 12.7. The van der Waals surface area contributed by atoms with Crippen LogP contribution in [0.2, 0.25) is 0 Å². The number of rotatable bonds is 9. The minimum Gasteiger partial charge on any atom is -0.350 e. The first kappa shape index (κ1) is 26.9. The monoisotopic (exact) mass is 508 g/mol. The second kappa shape index (κ2) is 11.9. The molecule has 0 radical (unpaired) electrons. The fraction of sp³-hybridized carbons (Fsp3) is 0.346. The predicted octanol–water partition coefficient (Wildman–Crippen LogP) is 3.87. The Morgan fingerprint density at radius 2 is 1.64 bits per heavy atom. The van der Waals surface area contributed by atoms with Crippen LogP contribution in [0.15, 0.2) is 47.6 Å². The molecule has 1 unspecified atom stereocenters. The summed E-state index contributed by atoms with van der Waals surface area (Å²) >= 11 is 1.24. The summed E-state index contributed by atoms with van der Waals surface area (Å²) in [5.41, 5.74) is 3.78. The highest BCUT2D eigenvalue weighted by atomic mass is 32.2. The highest BCUT2D eigenvalue weighted by Gasteiger charge is 2.21. The van der Waals surface area contributed by atoms with Gasteiger partial charge in [0.25, 0.3) is 5.91 Å². The van der Waals surface area contributed by atoms with Crippen LogP contribution in [0.1, 0.15) is 48.1 Å². The van der Waals surface area contributed by atoms with E-state index in [1.54, 1.807) is 42.8 Å². The van der Waals surface area contributed by atoms with Crippen LogP contribution < -0.4 is 16.0 Å². The van der Waals surface area contributed by atoms with Crippen LogP contribution in [0, 0.1) is 13.8 Å². The van der Waals surface area contributed by atoms with Crippen molar-refractivity contribution in [3.63, 3.8) is 0 Å². The van der Waals surface area contributed by atoms with Crippen LogP contribution >= 0.6 is 11.8 Å². The first-order valence-corrected chi connectivity index (χ1v) is 12.6. The Morgan fingerprint density at radius 1 is 0.972 bits per heavy atom. The van der Waals surface area contributed by atoms with Crippen LogP contribution in [0.5, 0.6) is 0 Å². The number of carbonyl (C=O) groups is 3. The lowest BCUT2D eigenvalue weighted by Crippen LogP contribution is -2.30. The third-order valence-corrected chi connectivity index (χ3v) is 6.59. The van der Waals surface area contributed by atoms with Crippen molar-refractivity contribution in [3.05, 3.63) is 65.0 Å². The summed E-state index contributed by atoms with van der Waals surface area (Å²) < 4.78 is 1.72. The normalized spacial score (nSPS) is 11.8. The number of hydrogen-bond donors (Lipinski definition) is 3. The van der Waals surface area contributed by atoms with E-state index >= 15 is 0 Å². The molecule has 36 heavy (non-hydrogen) atoms. The number of carbonyl (C=O) groups excluding carboxylic acids is 3. The molecule has 9 nitrogen and oxygen atoms in total. The predicted molar refractivity (Wildman–Crippen MR) is 142 cm³/mol. The molecule has 3 rings (SSSR count). The van der Waals surface area contributed by atoms with Gasteiger partial charge in [-0.2, -0.15) is 0 Å². The van der Waals surface area contributed by atoms with Crippen molar-refractivity contribution in [1.82, 2.24) is 20.1 Å². The van der Waals surface area contributed by atoms with Gasteiger partial charge in [-0.3, -0.25) is 14.4 Å². The number of anilines is 2. The Morgan fingerprint density at radius 3 is 2.31 bits per heavy atom. The Kier molecular flexibility index (Phi) is 8.87. The molecular weight excluding hydrogens is 476 g/mol. The number of hydrogen-bond acceptors (Lipinski definition) is 6. The maximum atomic E-state index is 12.8. The van der Waals surface area contributed by atoms with E-state index in [1.165, 1.54) is 11.8 Å². The molecule has 3 amide bonds. The number of nitrogens with one attached hydrogen (secondary N) is 3. The van der Waals surface area contributed by atoms with E-state index in [0.29, 0.717) is 22.2 Å². The number of para-hydroxylation sites is 1. The average Bonchev–Trinajstić information content (AvgIpc) is 3.14. The second-order valence-electron chi connectivity index (χ2n) is 8.91. The molecule has 0 bridgehead atoms. The summed E-state index contributed by atoms with van der Waals surface area (Å²) in [6.07, 6.45) is 0.0592. The molecule has 0 fully saturated rings. The highest BCUT2D eigenvalue weighted by molar-refractivity contribution is 8.00. The van der Waals surface area contributed by atoms with E-state index in [-0.39, 0.29) is 30.2 Å². The fourth-order valence-electron chi connectivity index (χ4n) is 3.48. The molecule has 2 aromatic carbocycles. The standard InChI is InChI=1S/C26H32N6O3S/c1-15(2)27-25(35)19-11-8-12-20(13-19)28-24(34)18(5)36-26-31-30-21(32(26)6)14-22(33)29-23-16(3)9-7-10-17(23)4/h7-13,15,18H,14H2,1-6H3,(H,27,35)(H,28,34)(H,29,33). The lowest BCUT2D eigenvalue weighted by molar-refractivity contribution is -0.116. The first-order chi connectivity index (χ1) is 17.0. The van der Waals surface area contributed by atoms with Crippen LogP contribution in [0.4, 0.5) is 11.4 Å². The molecule has 10 heteroatoms. The van der Waals surface area contributed by atoms with Gasteiger partial charge in [-0.15, -0.1) is 10.2 Å². The van der Waals surface area contributed by atoms with Crippen LogP contribution in [-0.4, -0.2) is 43.8 Å². The summed E-state index contributed by atoms with van der Waals surface area (Å²) in [7, 11) is 1.77. The smallest absolute Gasteiger partial charge is 0.251 e. The third-order valence-electron chi connectivity index (χ3n) is 5.45. The van der Waals surface area contributed by atoms with E-state index in [9.17, 15) is 14.4 Å². The van der Waals surface area contributed by atoms with Gasteiger partial charge >= 0.3 is 0 Å². The van der Waals surface area contributed by atoms with E-state index in [1.807, 2.05) is 45.9 Å². The molecule has 190 valence electrons. The van der Waals surface area contributed by atoms with Gasteiger partial charge in [-0.25, -0.2) is 0 Å². The largest absolute Gasteiger partial charge is 0.350 e. The van der Waals surface area contributed by atoms with Crippen molar-refractivity contribution >= 4 is 40.9 Å². The Balaban J connectivity index is 1.60. The van der Waals surface area contributed by atoms with E-state index in [2.05, 4.69) is 26.1 Å². The van der Waals surface area contributed by atoms with Crippen LogP contribution in [0.3, 0.4) is 0 Å². The zero-order valence-electron chi connectivity index (χ0n) is 21.4. The zero-order valence-corrected chi connectivity index (χ0v) is 22.2. The van der Waals surface area contributed by atoms with Gasteiger partial charge in [0.2, 0.25) is 11.8 Å². The Bertz CT molecular complexity index is 1250. The Hall–Kier alpha value is -3.66. The van der Waals surface area contributed by atoms with Crippen LogP contribution in [-0.2, 0) is 23.1 Å². The molecule has 1 aromatic heterocycles. The summed E-state index contributed by atoms with van der Waals surface area (Å²) in [4.78, 5) is 37.7. The molecular formula is C26H32N6O3S. The van der Waals surface area contributed by atoms with Gasteiger partial charge in [0.15, 0.2) is 5.16 Å². The average molecular weight is 509 g/mol. The van der Waals surface area contributed by atoms with Gasteiger partial charge < -0.3 is 20.5 Å². The molecule has 3 N–H and O–H groups in total. The Labute approximate surface area is 215 Å². The van der Waals surface area contributed by atoms with Gasteiger partial charge in [-0.1, -0.05) is 36.0 Å². The molecule has 0 saturated carbocycles. The molecule has 1 heterocycles. The van der Waals surface area contributed by atoms with E-state index < -0.39 is 5.25 Å². The number of amides is 3. The van der Waals surface area contributed by atoms with Crippen molar-refractivity contribution in [3.8, 4) is 0 Å². The number of nitrogens with zero attached hydrogens (tertiary/aromatic N) is 3. The molecule has 0 aliphatic carbocycles. The lowest BCUT2D eigenvalue weighted by Gasteiger charge is -2.13. The van der Waals surface area contributed by atoms with Gasteiger partial charge in [0, 0.05) is 30.0 Å². The zero-order chi connectivity index (χ0) is 26.4. The van der Waals surface area contributed by atoms with Gasteiger partial charge in [0.05, 0.1) is 11.7 Å². The maximum absolute atomic E-state index is 12.8. The van der Waals surface area contributed by atoms with Crippen molar-refractivity contribution in [2.45, 2.75) is 57.5 Å². The topological polar surface area (TPSA) is 118 Å². The minimum atomic E-state index is -0.489. The first-order valence-electron chi connectivity index (χ1n) is 11.7. The summed E-state index contributed by atoms with van der Waals surface area (Å²) in [6.45, 7) is 9.43. The van der Waals surface area contributed by atoms with Crippen molar-refractivity contribution in [2.75, 3.05) is 10.6 Å². The fourth-order valence-corrected chi connectivity index (χ4v) is 4.31. The molecule has 3 aromatic rings. The van der Waals surface area contributed by atoms with Gasteiger partial charge in [0.1, 0.15) is 5.82 Å². The molecule has 0 aliphatic heterocycles. The highest BCUT2D eigenvalue weighted by Crippen LogP contribution is 2.24. The third kappa shape index (κ3) is 6.94. The van der Waals surface area contributed by atoms with Gasteiger partial charge in [-0.05, 0) is 63.9 Å². The second-order valence-corrected chi connectivity index (χ2v) is 10.2. The maximum Gasteiger partial charge on any atom is 0.251 e. The number of benzene rings is 2. The molecule has 0 spiro atoms. The number of thioether (sulfide) groups is 1. The number of aryl methyl sites for hydroxylation is 2. The molecule has 0 saturated heterocycles. The summed E-state index contributed by atoms with van der Waals surface area (Å²) in [5.74, 6) is -0.125. The van der Waals surface area contributed by atoms with Crippen molar-refractivity contribution in [2.24, 2.45) is 7.05 Å². The van der Waals surface area contributed by atoms with Crippen LogP contribution in [0.25, 0.3) is 0 Å². The number of aromatic nitrogens is 3.